The predicted octanol–water partition coefficient (Wildman–Crippen LogP) is 2.78. The van der Waals surface area contributed by atoms with Crippen LogP contribution in [-0.4, -0.2) is 32.0 Å². The van der Waals surface area contributed by atoms with Crippen molar-refractivity contribution in [3.63, 3.8) is 0 Å². The number of benzene rings is 1. The lowest BCUT2D eigenvalue weighted by atomic mass is 9.92. The van der Waals surface area contributed by atoms with Crippen molar-refractivity contribution in [2.75, 3.05) is 10.6 Å². The maximum Gasteiger partial charge on any atom is 0.227 e. The minimum atomic E-state index is 0.327. The van der Waals surface area contributed by atoms with Crippen LogP contribution >= 0.6 is 0 Å². The van der Waals surface area contributed by atoms with E-state index in [1.807, 2.05) is 30.3 Å². The Kier molecular flexibility index (Phi) is 4.00. The fourth-order valence-electron chi connectivity index (χ4n) is 3.09. The van der Waals surface area contributed by atoms with Gasteiger partial charge >= 0.3 is 0 Å². The van der Waals surface area contributed by atoms with E-state index in [2.05, 4.69) is 30.6 Å². The van der Waals surface area contributed by atoms with E-state index >= 15 is 0 Å². The molecular weight excluding hydrogens is 302 g/mol. The Morgan fingerprint density at radius 1 is 1.04 bits per heavy atom. The highest BCUT2D eigenvalue weighted by atomic mass is 15.2. The Balaban J connectivity index is 1.60. The highest BCUT2D eigenvalue weighted by Gasteiger charge is 2.20. The van der Waals surface area contributed by atoms with Gasteiger partial charge in [-0.2, -0.15) is 9.97 Å². The van der Waals surface area contributed by atoms with Gasteiger partial charge in [0.1, 0.15) is 5.52 Å². The topological polar surface area (TPSA) is 105 Å². The van der Waals surface area contributed by atoms with Gasteiger partial charge in [0.25, 0.3) is 0 Å². The minimum absolute atomic E-state index is 0.327. The highest BCUT2D eigenvalue weighted by Crippen LogP contribution is 2.25. The first-order valence-corrected chi connectivity index (χ1v) is 8.33. The van der Waals surface area contributed by atoms with Crippen LogP contribution in [0.25, 0.3) is 11.2 Å². The molecule has 4 rings (SSSR count). The molecule has 0 aliphatic heterocycles. The van der Waals surface area contributed by atoms with Gasteiger partial charge in [-0.3, -0.25) is 0 Å². The molecule has 7 heteroatoms. The van der Waals surface area contributed by atoms with Crippen molar-refractivity contribution in [3.05, 3.63) is 36.7 Å². The Bertz CT molecular complexity index is 806. The van der Waals surface area contributed by atoms with Crippen molar-refractivity contribution in [3.8, 4) is 0 Å². The summed E-state index contributed by atoms with van der Waals surface area (Å²) in [6, 6.07) is 10.6. The summed E-state index contributed by atoms with van der Waals surface area (Å²) in [6.45, 7) is 0. The van der Waals surface area contributed by atoms with E-state index < -0.39 is 0 Å². The van der Waals surface area contributed by atoms with Gasteiger partial charge in [-0.15, -0.1) is 0 Å². The Morgan fingerprint density at radius 2 is 1.83 bits per heavy atom. The molecule has 1 saturated carbocycles. The number of anilines is 3. The average Bonchev–Trinajstić information content (AvgIpc) is 3.07. The van der Waals surface area contributed by atoms with Crippen molar-refractivity contribution in [2.45, 2.75) is 37.8 Å². The molecule has 0 bridgehead atoms. The smallest absolute Gasteiger partial charge is 0.227 e. The van der Waals surface area contributed by atoms with Crippen molar-refractivity contribution in [2.24, 2.45) is 5.73 Å². The van der Waals surface area contributed by atoms with Gasteiger partial charge in [-0.25, -0.2) is 4.98 Å². The van der Waals surface area contributed by atoms with Crippen LogP contribution in [0.2, 0.25) is 0 Å². The molecule has 3 aromatic rings. The number of hydrogen-bond donors (Lipinski definition) is 4. The third kappa shape index (κ3) is 3.16. The lowest BCUT2D eigenvalue weighted by Crippen LogP contribution is -2.33. The molecule has 2 aromatic heterocycles. The van der Waals surface area contributed by atoms with E-state index in [-0.39, 0.29) is 0 Å². The van der Waals surface area contributed by atoms with Gasteiger partial charge in [0.05, 0.1) is 6.33 Å². The van der Waals surface area contributed by atoms with Gasteiger partial charge in [0.2, 0.25) is 5.95 Å². The van der Waals surface area contributed by atoms with Gasteiger partial charge in [-0.05, 0) is 37.8 Å². The van der Waals surface area contributed by atoms with E-state index in [9.17, 15) is 0 Å². The summed E-state index contributed by atoms with van der Waals surface area (Å²) in [5.41, 5.74) is 8.40. The molecule has 0 atom stereocenters. The molecule has 0 spiro atoms. The molecule has 1 aliphatic rings. The maximum absolute atomic E-state index is 5.98. The maximum atomic E-state index is 5.98. The molecule has 0 saturated heterocycles. The molecule has 1 fully saturated rings. The minimum Gasteiger partial charge on any atom is -0.351 e. The summed E-state index contributed by atoms with van der Waals surface area (Å²) in [4.78, 5) is 16.5. The van der Waals surface area contributed by atoms with Crippen molar-refractivity contribution in [1.29, 1.82) is 0 Å². The van der Waals surface area contributed by atoms with Crippen LogP contribution in [0.4, 0.5) is 17.5 Å². The van der Waals surface area contributed by atoms with Gasteiger partial charge in [-0.1, -0.05) is 18.2 Å². The molecule has 0 radical (unpaired) electrons. The fourth-order valence-corrected chi connectivity index (χ4v) is 3.09. The van der Waals surface area contributed by atoms with E-state index in [1.54, 1.807) is 6.33 Å². The number of nitrogens with one attached hydrogen (secondary N) is 3. The number of H-pyrrole nitrogens is 1. The van der Waals surface area contributed by atoms with Gasteiger partial charge < -0.3 is 21.4 Å². The summed E-state index contributed by atoms with van der Waals surface area (Å²) in [5, 5.41) is 6.77. The molecule has 1 aromatic carbocycles. The van der Waals surface area contributed by atoms with E-state index in [4.69, 9.17) is 5.73 Å². The first-order chi connectivity index (χ1) is 11.8. The summed E-state index contributed by atoms with van der Waals surface area (Å²) in [7, 11) is 0. The number of aromatic nitrogens is 4. The summed E-state index contributed by atoms with van der Waals surface area (Å²) < 4.78 is 0. The average molecular weight is 323 g/mol. The normalized spacial score (nSPS) is 20.9. The number of rotatable bonds is 4. The van der Waals surface area contributed by atoms with Crippen LogP contribution < -0.4 is 16.4 Å². The van der Waals surface area contributed by atoms with Crippen molar-refractivity contribution >= 4 is 28.6 Å². The van der Waals surface area contributed by atoms with Crippen LogP contribution in [-0.2, 0) is 0 Å². The highest BCUT2D eigenvalue weighted by molar-refractivity contribution is 5.86. The lowest BCUT2D eigenvalue weighted by molar-refractivity contribution is 0.410. The van der Waals surface area contributed by atoms with E-state index in [0.29, 0.717) is 23.7 Å². The molecule has 0 unspecified atom stereocenters. The Morgan fingerprint density at radius 3 is 2.62 bits per heavy atom. The zero-order valence-corrected chi connectivity index (χ0v) is 13.4. The number of nitrogens with zero attached hydrogens (tertiary/aromatic N) is 3. The van der Waals surface area contributed by atoms with Crippen LogP contribution in [0.15, 0.2) is 36.7 Å². The van der Waals surface area contributed by atoms with E-state index in [0.717, 1.165) is 42.7 Å². The molecule has 0 amide bonds. The van der Waals surface area contributed by atoms with Crippen LogP contribution in [0.5, 0.6) is 0 Å². The zero-order chi connectivity index (χ0) is 16.4. The molecule has 124 valence electrons. The molecule has 2 heterocycles. The molecule has 5 N–H and O–H groups in total. The third-order valence-electron chi connectivity index (χ3n) is 4.43. The third-order valence-corrected chi connectivity index (χ3v) is 4.43. The Labute approximate surface area is 140 Å². The molecule has 24 heavy (non-hydrogen) atoms. The first-order valence-electron chi connectivity index (χ1n) is 8.33. The number of para-hydroxylation sites is 1. The predicted molar refractivity (Wildman–Crippen MR) is 95.3 cm³/mol. The fraction of sp³-hybridized carbons (Fsp3) is 0.353. The van der Waals surface area contributed by atoms with E-state index in [1.165, 1.54) is 0 Å². The second-order valence-electron chi connectivity index (χ2n) is 6.24. The first kappa shape index (κ1) is 14.9. The number of imidazole rings is 1. The zero-order valence-electron chi connectivity index (χ0n) is 13.4. The van der Waals surface area contributed by atoms with Crippen molar-refractivity contribution < 1.29 is 0 Å². The number of fused-ring (bicyclic) bond motifs is 1. The summed E-state index contributed by atoms with van der Waals surface area (Å²) in [5.74, 6) is 1.33. The van der Waals surface area contributed by atoms with Gasteiger partial charge in [0.15, 0.2) is 11.5 Å². The number of hydrogen-bond acceptors (Lipinski definition) is 6. The van der Waals surface area contributed by atoms with Crippen LogP contribution in [0, 0.1) is 0 Å². The van der Waals surface area contributed by atoms with Crippen molar-refractivity contribution in [1.82, 2.24) is 19.9 Å². The Hall–Kier alpha value is -2.67. The number of nitrogens with two attached hydrogens (primary N) is 1. The van der Waals surface area contributed by atoms with Crippen LogP contribution in [0.1, 0.15) is 25.7 Å². The molecular formula is C17H21N7. The number of aromatic amines is 1. The molecule has 1 aliphatic carbocycles. The van der Waals surface area contributed by atoms with Gasteiger partial charge in [0, 0.05) is 17.8 Å². The standard InChI is InChI=1S/C17H21N7/c18-11-6-8-13(9-7-11)22-17-23-15-14(19-10-20-15)16(24-17)21-12-4-2-1-3-5-12/h1-5,10-11,13H,6-9,18H2,(H3,19,20,21,22,23,24). The second kappa shape index (κ2) is 6.45. The summed E-state index contributed by atoms with van der Waals surface area (Å²) in [6.07, 6.45) is 5.81. The second-order valence-corrected chi connectivity index (χ2v) is 6.24. The SMILES string of the molecule is NC1CCC(Nc2nc(Nc3ccccc3)c3[nH]cnc3n2)CC1. The quantitative estimate of drug-likeness (QED) is 0.588. The largest absolute Gasteiger partial charge is 0.351 e. The van der Waals surface area contributed by atoms with Crippen LogP contribution in [0.3, 0.4) is 0 Å². The monoisotopic (exact) mass is 323 g/mol. The molecule has 7 nitrogen and oxygen atoms in total. The summed E-state index contributed by atoms with van der Waals surface area (Å²) >= 11 is 0. The lowest BCUT2D eigenvalue weighted by Gasteiger charge is -2.26.